The van der Waals surface area contributed by atoms with Gasteiger partial charge in [0.1, 0.15) is 11.9 Å². The van der Waals surface area contributed by atoms with E-state index in [4.69, 9.17) is 4.98 Å². The molecule has 38 heavy (non-hydrogen) atoms. The van der Waals surface area contributed by atoms with Crippen molar-refractivity contribution in [1.82, 2.24) is 20.1 Å². The van der Waals surface area contributed by atoms with E-state index < -0.39 is 12.0 Å². The lowest BCUT2D eigenvalue weighted by Gasteiger charge is -2.26. The van der Waals surface area contributed by atoms with Gasteiger partial charge in [0.2, 0.25) is 0 Å². The smallest absolute Gasteiger partial charge is 0.326 e. The Morgan fingerprint density at radius 3 is 2.50 bits per heavy atom. The molecule has 3 rings (SSSR count). The number of hydrogen-bond acceptors (Lipinski definition) is 5. The molecule has 1 aliphatic heterocycles. The molecule has 1 atom stereocenters. The second kappa shape index (κ2) is 16.0. The molecule has 1 aliphatic rings. The van der Waals surface area contributed by atoms with Crippen LogP contribution in [0.1, 0.15) is 62.8 Å². The van der Waals surface area contributed by atoms with Crippen molar-refractivity contribution < 1.29 is 14.7 Å². The van der Waals surface area contributed by atoms with E-state index in [0.29, 0.717) is 26.1 Å². The number of aromatic nitrogens is 1. The number of carboxylic acids is 1. The number of benzene rings is 1. The Bertz CT molecular complexity index is 997. The lowest BCUT2D eigenvalue weighted by molar-refractivity contribution is -0.139. The van der Waals surface area contributed by atoms with Crippen molar-refractivity contribution in [2.24, 2.45) is 0 Å². The quantitative estimate of drug-likeness (QED) is 0.279. The van der Waals surface area contributed by atoms with Crippen LogP contribution in [0.5, 0.6) is 0 Å². The SMILES string of the molecule is CCN(CC)C(=O)NC(CCN(CCCCc1ccc2c(n1)NCCC2)CCCc1ccccc1)C(=O)O. The monoisotopic (exact) mass is 523 g/mol. The first-order valence-electron chi connectivity index (χ1n) is 14.3. The maximum absolute atomic E-state index is 12.5. The summed E-state index contributed by atoms with van der Waals surface area (Å²) in [5.74, 6) is 0.0598. The van der Waals surface area contributed by atoms with Crippen LogP contribution in [0.2, 0.25) is 0 Å². The van der Waals surface area contributed by atoms with Gasteiger partial charge in [-0.15, -0.1) is 0 Å². The second-order valence-corrected chi connectivity index (χ2v) is 10.0. The molecule has 0 saturated heterocycles. The number of urea groups is 1. The maximum atomic E-state index is 12.5. The van der Waals surface area contributed by atoms with Gasteiger partial charge in [0.25, 0.3) is 0 Å². The number of pyridine rings is 1. The average Bonchev–Trinajstić information content (AvgIpc) is 2.93. The van der Waals surface area contributed by atoms with Gasteiger partial charge in [-0.2, -0.15) is 0 Å². The topological polar surface area (TPSA) is 97.8 Å². The second-order valence-electron chi connectivity index (χ2n) is 10.0. The van der Waals surface area contributed by atoms with E-state index in [2.05, 4.69) is 51.9 Å². The minimum atomic E-state index is -0.984. The number of nitrogens with one attached hydrogen (secondary N) is 2. The van der Waals surface area contributed by atoms with E-state index >= 15 is 0 Å². The van der Waals surface area contributed by atoms with Gasteiger partial charge in [-0.05, 0) is 95.5 Å². The van der Waals surface area contributed by atoms with E-state index in [1.165, 1.54) is 11.1 Å². The Labute approximate surface area is 227 Å². The molecule has 0 aliphatic carbocycles. The van der Waals surface area contributed by atoms with Gasteiger partial charge in [-0.1, -0.05) is 36.4 Å². The summed E-state index contributed by atoms with van der Waals surface area (Å²) in [5, 5.41) is 15.9. The molecule has 2 aromatic rings. The largest absolute Gasteiger partial charge is 0.480 e. The van der Waals surface area contributed by atoms with Crippen molar-refractivity contribution in [3.63, 3.8) is 0 Å². The number of aliphatic carboxylic acids is 1. The van der Waals surface area contributed by atoms with Crippen LogP contribution in [-0.4, -0.2) is 77.2 Å². The number of carbonyl (C=O) groups is 2. The van der Waals surface area contributed by atoms with Crippen LogP contribution >= 0.6 is 0 Å². The molecule has 8 nitrogen and oxygen atoms in total. The molecule has 0 fully saturated rings. The predicted molar refractivity (Wildman–Crippen MR) is 153 cm³/mol. The average molecular weight is 524 g/mol. The summed E-state index contributed by atoms with van der Waals surface area (Å²) >= 11 is 0. The van der Waals surface area contributed by atoms with Gasteiger partial charge in [0.05, 0.1) is 0 Å². The zero-order chi connectivity index (χ0) is 27.2. The molecule has 0 bridgehead atoms. The van der Waals surface area contributed by atoms with E-state index in [1.807, 2.05) is 19.9 Å². The van der Waals surface area contributed by atoms with Gasteiger partial charge >= 0.3 is 12.0 Å². The Morgan fingerprint density at radius 1 is 1.00 bits per heavy atom. The van der Waals surface area contributed by atoms with Crippen LogP contribution < -0.4 is 10.6 Å². The fraction of sp³-hybridized carbons (Fsp3) is 0.567. The number of carboxylic acid groups (broad SMARTS) is 1. The third-order valence-electron chi connectivity index (χ3n) is 7.27. The third-order valence-corrected chi connectivity index (χ3v) is 7.27. The predicted octanol–water partition coefficient (Wildman–Crippen LogP) is 4.59. The Morgan fingerprint density at radius 2 is 1.76 bits per heavy atom. The first kappa shape index (κ1) is 29.4. The molecule has 1 unspecified atom stereocenters. The summed E-state index contributed by atoms with van der Waals surface area (Å²) < 4.78 is 0. The molecule has 1 aromatic carbocycles. The lowest BCUT2D eigenvalue weighted by atomic mass is 10.1. The van der Waals surface area contributed by atoms with Crippen LogP contribution in [0, 0.1) is 0 Å². The number of unbranched alkanes of at least 4 members (excludes halogenated alkanes) is 1. The fourth-order valence-corrected chi connectivity index (χ4v) is 4.96. The molecule has 0 saturated carbocycles. The summed E-state index contributed by atoms with van der Waals surface area (Å²) in [6, 6.07) is 13.6. The summed E-state index contributed by atoms with van der Waals surface area (Å²) in [6.45, 7) is 8.30. The Kier molecular flexibility index (Phi) is 12.4. The summed E-state index contributed by atoms with van der Waals surface area (Å²) in [6.07, 6.45) is 7.62. The van der Waals surface area contributed by atoms with E-state index in [0.717, 1.165) is 76.1 Å². The zero-order valence-electron chi connectivity index (χ0n) is 23.1. The molecule has 1 aromatic heterocycles. The molecule has 0 radical (unpaired) electrons. The van der Waals surface area contributed by atoms with Gasteiger partial charge in [0, 0.05) is 31.9 Å². The van der Waals surface area contributed by atoms with Crippen molar-refractivity contribution in [3.05, 3.63) is 59.3 Å². The van der Waals surface area contributed by atoms with Crippen LogP contribution in [0.15, 0.2) is 42.5 Å². The van der Waals surface area contributed by atoms with Gasteiger partial charge in [-0.3, -0.25) is 0 Å². The molecular formula is C30H45N5O3. The van der Waals surface area contributed by atoms with Crippen molar-refractivity contribution in [3.8, 4) is 0 Å². The minimum absolute atomic E-state index is 0.315. The summed E-state index contributed by atoms with van der Waals surface area (Å²) in [4.78, 5) is 33.1. The number of hydrogen-bond donors (Lipinski definition) is 3. The van der Waals surface area contributed by atoms with Gasteiger partial charge in [0.15, 0.2) is 0 Å². The molecule has 0 spiro atoms. The van der Waals surface area contributed by atoms with Crippen LogP contribution in [0.3, 0.4) is 0 Å². The van der Waals surface area contributed by atoms with Crippen LogP contribution in [0.25, 0.3) is 0 Å². The van der Waals surface area contributed by atoms with E-state index in [-0.39, 0.29) is 6.03 Å². The number of aryl methyl sites for hydroxylation is 3. The summed E-state index contributed by atoms with van der Waals surface area (Å²) in [5.41, 5.74) is 3.75. The van der Waals surface area contributed by atoms with Crippen molar-refractivity contribution >= 4 is 17.8 Å². The standard InChI is InChI=1S/C30H45N5O3/c1-3-35(4-2)30(38)33-27(29(36)37)19-23-34(22-11-14-24-12-6-5-7-13-24)21-9-8-16-26-18-17-25-15-10-20-31-28(25)32-26/h5-7,12-13,17-18,27H,3-4,8-11,14-16,19-23H2,1-2H3,(H,31,32)(H,33,38)(H,36,37). The first-order chi connectivity index (χ1) is 18.5. The molecule has 8 heteroatoms. The van der Waals surface area contributed by atoms with E-state index in [1.54, 1.807) is 4.90 Å². The van der Waals surface area contributed by atoms with Crippen molar-refractivity contribution in [2.45, 2.75) is 71.3 Å². The molecule has 2 amide bonds. The molecule has 3 N–H and O–H groups in total. The zero-order valence-corrected chi connectivity index (χ0v) is 23.1. The highest BCUT2D eigenvalue weighted by molar-refractivity contribution is 5.82. The highest BCUT2D eigenvalue weighted by Crippen LogP contribution is 2.20. The number of carbonyl (C=O) groups excluding carboxylic acids is 1. The highest BCUT2D eigenvalue weighted by Gasteiger charge is 2.23. The highest BCUT2D eigenvalue weighted by atomic mass is 16.4. The fourth-order valence-electron chi connectivity index (χ4n) is 4.96. The molecular weight excluding hydrogens is 478 g/mol. The summed E-state index contributed by atoms with van der Waals surface area (Å²) in [7, 11) is 0. The number of fused-ring (bicyclic) bond motifs is 1. The van der Waals surface area contributed by atoms with Gasteiger partial charge in [-0.25, -0.2) is 14.6 Å². The van der Waals surface area contributed by atoms with Crippen molar-refractivity contribution in [1.29, 1.82) is 0 Å². The lowest BCUT2D eigenvalue weighted by Crippen LogP contribution is -2.49. The minimum Gasteiger partial charge on any atom is -0.480 e. The van der Waals surface area contributed by atoms with Crippen molar-refractivity contribution in [2.75, 3.05) is 44.6 Å². The number of rotatable bonds is 16. The number of anilines is 1. The molecule has 208 valence electrons. The number of nitrogens with zero attached hydrogens (tertiary/aromatic N) is 3. The van der Waals surface area contributed by atoms with Gasteiger partial charge < -0.3 is 25.5 Å². The normalized spacial score (nSPS) is 13.4. The number of amides is 2. The van der Waals surface area contributed by atoms with Crippen LogP contribution in [-0.2, 0) is 24.1 Å². The third kappa shape index (κ3) is 9.63. The maximum Gasteiger partial charge on any atom is 0.326 e. The molecule has 2 heterocycles. The van der Waals surface area contributed by atoms with E-state index in [9.17, 15) is 14.7 Å². The van der Waals surface area contributed by atoms with Crippen LogP contribution in [0.4, 0.5) is 10.6 Å². The first-order valence-corrected chi connectivity index (χ1v) is 14.3. The Hall–Kier alpha value is -3.13. The Balaban J connectivity index is 1.52.